The summed E-state index contributed by atoms with van der Waals surface area (Å²) >= 11 is 0. The second kappa shape index (κ2) is 3.96. The summed E-state index contributed by atoms with van der Waals surface area (Å²) in [7, 11) is 0. The molecule has 1 aliphatic rings. The van der Waals surface area contributed by atoms with Crippen molar-refractivity contribution in [3.8, 4) is 0 Å². The van der Waals surface area contributed by atoms with Gasteiger partial charge in [0.2, 0.25) is 11.8 Å². The van der Waals surface area contributed by atoms with E-state index < -0.39 is 11.6 Å². The van der Waals surface area contributed by atoms with E-state index in [1.807, 2.05) is 0 Å². The smallest absolute Gasteiger partial charge is 0.242 e. The number of hydrogen-bond donors (Lipinski definition) is 3. The number of carbonyl (C=O) groups is 2. The summed E-state index contributed by atoms with van der Waals surface area (Å²) < 4.78 is 0. The molecule has 0 aromatic rings. The Balaban J connectivity index is 2.32. The number of hydrogen-bond acceptors (Lipinski definition) is 3. The first-order valence-corrected chi connectivity index (χ1v) is 4.68. The summed E-state index contributed by atoms with van der Waals surface area (Å²) in [5, 5.41) is 14.5. The predicted octanol–water partition coefficient (Wildman–Crippen LogP) is -0.848. The van der Waals surface area contributed by atoms with Crippen molar-refractivity contribution in [2.45, 2.75) is 38.3 Å². The Hall–Kier alpha value is -1.10. The fourth-order valence-corrected chi connectivity index (χ4v) is 1.24. The molecule has 2 amide bonds. The van der Waals surface area contributed by atoms with Crippen molar-refractivity contribution in [1.29, 1.82) is 0 Å². The zero-order valence-electron chi connectivity index (χ0n) is 8.46. The molecule has 5 nitrogen and oxygen atoms in total. The van der Waals surface area contributed by atoms with Gasteiger partial charge in [-0.15, -0.1) is 0 Å². The van der Waals surface area contributed by atoms with Crippen LogP contribution in [0.25, 0.3) is 0 Å². The Morgan fingerprint density at radius 1 is 1.71 bits per heavy atom. The van der Waals surface area contributed by atoms with E-state index in [9.17, 15) is 14.7 Å². The van der Waals surface area contributed by atoms with E-state index in [0.29, 0.717) is 12.8 Å². The molecule has 80 valence electrons. The summed E-state index contributed by atoms with van der Waals surface area (Å²) in [4.78, 5) is 22.2. The standard InChI is InChI=1S/C9H16N2O3/c1-9(2,14)5-10-8(13)6-3-4-7(12)11-6/h6,14H,3-5H2,1-2H3,(H,10,13)(H,11,12)/t6-/m0/s1. The molecule has 0 unspecified atom stereocenters. The monoisotopic (exact) mass is 200 g/mol. The Morgan fingerprint density at radius 3 is 2.79 bits per heavy atom. The van der Waals surface area contributed by atoms with E-state index in [1.165, 1.54) is 0 Å². The highest BCUT2D eigenvalue weighted by Crippen LogP contribution is 2.06. The molecule has 14 heavy (non-hydrogen) atoms. The molecule has 1 heterocycles. The lowest BCUT2D eigenvalue weighted by atomic mass is 10.1. The molecular formula is C9H16N2O3. The van der Waals surface area contributed by atoms with E-state index in [1.54, 1.807) is 13.8 Å². The van der Waals surface area contributed by atoms with Crippen LogP contribution in [0.4, 0.5) is 0 Å². The van der Waals surface area contributed by atoms with E-state index in [4.69, 9.17) is 0 Å². The van der Waals surface area contributed by atoms with Crippen LogP contribution in [0.1, 0.15) is 26.7 Å². The van der Waals surface area contributed by atoms with Gasteiger partial charge in [0.05, 0.1) is 5.60 Å². The van der Waals surface area contributed by atoms with E-state index in [2.05, 4.69) is 10.6 Å². The molecule has 0 aliphatic carbocycles. The minimum absolute atomic E-state index is 0.0894. The van der Waals surface area contributed by atoms with Gasteiger partial charge in [0.1, 0.15) is 6.04 Å². The van der Waals surface area contributed by atoms with Crippen LogP contribution in [0.2, 0.25) is 0 Å². The molecular weight excluding hydrogens is 184 g/mol. The Bertz CT molecular complexity index is 245. The fourth-order valence-electron chi connectivity index (χ4n) is 1.24. The molecule has 1 atom stereocenters. The van der Waals surface area contributed by atoms with Crippen LogP contribution in [-0.2, 0) is 9.59 Å². The lowest BCUT2D eigenvalue weighted by molar-refractivity contribution is -0.126. The van der Waals surface area contributed by atoms with Crippen molar-refractivity contribution < 1.29 is 14.7 Å². The van der Waals surface area contributed by atoms with Crippen molar-refractivity contribution >= 4 is 11.8 Å². The van der Waals surface area contributed by atoms with Crippen LogP contribution in [0.5, 0.6) is 0 Å². The molecule has 0 saturated carbocycles. The third-order valence-corrected chi connectivity index (χ3v) is 2.01. The van der Waals surface area contributed by atoms with Gasteiger partial charge in [-0.2, -0.15) is 0 Å². The second-order valence-corrected chi connectivity index (χ2v) is 4.19. The van der Waals surface area contributed by atoms with Crippen molar-refractivity contribution in [2.24, 2.45) is 0 Å². The molecule has 0 bridgehead atoms. The van der Waals surface area contributed by atoms with Crippen LogP contribution in [0.15, 0.2) is 0 Å². The van der Waals surface area contributed by atoms with Gasteiger partial charge in [-0.25, -0.2) is 0 Å². The van der Waals surface area contributed by atoms with Gasteiger partial charge in [0.25, 0.3) is 0 Å². The van der Waals surface area contributed by atoms with Gasteiger partial charge in [-0.1, -0.05) is 0 Å². The normalized spacial score (nSPS) is 21.9. The quantitative estimate of drug-likeness (QED) is 0.555. The third kappa shape index (κ3) is 3.33. The molecule has 5 heteroatoms. The molecule has 0 spiro atoms. The zero-order valence-corrected chi connectivity index (χ0v) is 8.46. The molecule has 0 aromatic heterocycles. The van der Waals surface area contributed by atoms with Crippen molar-refractivity contribution in [3.63, 3.8) is 0 Å². The summed E-state index contributed by atoms with van der Waals surface area (Å²) in [5.41, 5.74) is -0.918. The van der Waals surface area contributed by atoms with E-state index in [-0.39, 0.29) is 18.4 Å². The highest BCUT2D eigenvalue weighted by Gasteiger charge is 2.27. The number of aliphatic hydroxyl groups is 1. The van der Waals surface area contributed by atoms with Gasteiger partial charge < -0.3 is 15.7 Å². The Kier molecular flexibility index (Phi) is 3.10. The average Bonchev–Trinajstić information content (AvgIpc) is 2.46. The topological polar surface area (TPSA) is 78.4 Å². The summed E-state index contributed by atoms with van der Waals surface area (Å²) in [6.45, 7) is 3.42. The highest BCUT2D eigenvalue weighted by atomic mass is 16.3. The lowest BCUT2D eigenvalue weighted by Crippen LogP contribution is -2.46. The summed E-state index contributed by atoms with van der Waals surface area (Å²) in [6.07, 6.45) is 0.942. The maximum atomic E-state index is 11.4. The van der Waals surface area contributed by atoms with Gasteiger partial charge in [0.15, 0.2) is 0 Å². The first-order chi connectivity index (χ1) is 6.38. The van der Waals surface area contributed by atoms with Crippen LogP contribution in [0, 0.1) is 0 Å². The number of amides is 2. The van der Waals surface area contributed by atoms with Crippen LogP contribution in [-0.4, -0.2) is 35.1 Å². The number of rotatable bonds is 3. The molecule has 0 aromatic carbocycles. The highest BCUT2D eigenvalue weighted by molar-refractivity contribution is 5.90. The van der Waals surface area contributed by atoms with E-state index >= 15 is 0 Å². The van der Waals surface area contributed by atoms with Gasteiger partial charge >= 0.3 is 0 Å². The van der Waals surface area contributed by atoms with Crippen molar-refractivity contribution in [3.05, 3.63) is 0 Å². The molecule has 1 saturated heterocycles. The van der Waals surface area contributed by atoms with Gasteiger partial charge in [0, 0.05) is 13.0 Å². The molecule has 1 fully saturated rings. The summed E-state index contributed by atoms with van der Waals surface area (Å²) in [5.74, 6) is -0.314. The molecule has 0 radical (unpaired) electrons. The number of carbonyl (C=O) groups excluding carboxylic acids is 2. The van der Waals surface area contributed by atoms with Crippen LogP contribution in [0.3, 0.4) is 0 Å². The zero-order chi connectivity index (χ0) is 10.8. The lowest BCUT2D eigenvalue weighted by Gasteiger charge is -2.19. The SMILES string of the molecule is CC(C)(O)CNC(=O)[C@@H]1CCC(=O)N1. The first kappa shape index (κ1) is 11.0. The van der Waals surface area contributed by atoms with Crippen LogP contribution < -0.4 is 10.6 Å². The molecule has 1 rings (SSSR count). The van der Waals surface area contributed by atoms with Gasteiger partial charge in [-0.3, -0.25) is 9.59 Å². The fraction of sp³-hybridized carbons (Fsp3) is 0.778. The maximum absolute atomic E-state index is 11.4. The predicted molar refractivity (Wildman–Crippen MR) is 50.5 cm³/mol. The average molecular weight is 200 g/mol. The summed E-state index contributed by atoms with van der Waals surface area (Å²) in [6, 6.07) is -0.426. The molecule has 1 aliphatic heterocycles. The largest absolute Gasteiger partial charge is 0.389 e. The van der Waals surface area contributed by atoms with Gasteiger partial charge in [-0.05, 0) is 20.3 Å². The van der Waals surface area contributed by atoms with E-state index in [0.717, 1.165) is 0 Å². The Morgan fingerprint density at radius 2 is 2.36 bits per heavy atom. The second-order valence-electron chi connectivity index (χ2n) is 4.19. The maximum Gasteiger partial charge on any atom is 0.242 e. The minimum atomic E-state index is -0.918. The van der Waals surface area contributed by atoms with Crippen LogP contribution >= 0.6 is 0 Å². The van der Waals surface area contributed by atoms with Crippen molar-refractivity contribution in [1.82, 2.24) is 10.6 Å². The Labute approximate surface area is 82.9 Å². The number of nitrogens with one attached hydrogen (secondary N) is 2. The van der Waals surface area contributed by atoms with Crippen molar-refractivity contribution in [2.75, 3.05) is 6.54 Å². The molecule has 3 N–H and O–H groups in total. The minimum Gasteiger partial charge on any atom is -0.389 e. The first-order valence-electron chi connectivity index (χ1n) is 4.68. The third-order valence-electron chi connectivity index (χ3n) is 2.01.